The second kappa shape index (κ2) is 61.1. The number of carbonyl (C=O) groups excluding carboxylic acids is 5. The summed E-state index contributed by atoms with van der Waals surface area (Å²) in [5.74, 6) is 23.3. The number of amides is 3. The topological polar surface area (TPSA) is 180 Å². The fraction of sp³-hybridized carbons (Fsp3) is 0.750. The smallest absolute Gasteiger partial charge is 0.357 e. The number of pyridine rings is 1. The summed E-state index contributed by atoms with van der Waals surface area (Å²) in [6.07, 6.45) is 44.2. The lowest BCUT2D eigenvalue weighted by Gasteiger charge is -2.19. The molecule has 1 heterocycles. The van der Waals surface area contributed by atoms with Crippen LogP contribution in [0, 0.1) is 47.4 Å². The summed E-state index contributed by atoms with van der Waals surface area (Å²) in [6, 6.07) is 2.05. The molecule has 1 aromatic heterocycles. The van der Waals surface area contributed by atoms with E-state index in [0.717, 1.165) is 103 Å². The Bertz CT molecular complexity index is 2120. The third-order valence-corrected chi connectivity index (χ3v) is 14.5. The lowest BCUT2D eigenvalue weighted by atomic mass is 10.1. The molecule has 484 valence electrons. The third-order valence-electron chi connectivity index (χ3n) is 14.5. The maximum Gasteiger partial charge on any atom is 0.357 e. The fourth-order valence-corrected chi connectivity index (χ4v) is 9.52. The van der Waals surface area contributed by atoms with Gasteiger partial charge in [-0.25, -0.2) is 14.6 Å². The summed E-state index contributed by atoms with van der Waals surface area (Å²) in [5, 5.41) is 8.85. The molecule has 0 radical (unpaired) electrons. The van der Waals surface area contributed by atoms with Crippen molar-refractivity contribution in [1.82, 2.24) is 20.9 Å². The summed E-state index contributed by atoms with van der Waals surface area (Å²) in [7, 11) is 0. The highest BCUT2D eigenvalue weighted by molar-refractivity contribution is 5.92. The molecule has 0 unspecified atom stereocenters. The van der Waals surface area contributed by atoms with Gasteiger partial charge in [0.15, 0.2) is 11.4 Å². The van der Waals surface area contributed by atoms with Crippen LogP contribution in [0.3, 0.4) is 0 Å². The Kier molecular flexibility index (Phi) is 55.8. The Hall–Kier alpha value is -5.54. The highest BCUT2D eigenvalue weighted by Crippen LogP contribution is 2.18. The first-order valence-corrected chi connectivity index (χ1v) is 34.1. The fourth-order valence-electron chi connectivity index (χ4n) is 9.52. The predicted octanol–water partition coefficient (Wildman–Crippen LogP) is 15.2. The number of esters is 2. The van der Waals surface area contributed by atoms with Crippen LogP contribution in [0.25, 0.3) is 0 Å². The Morgan fingerprint density at radius 2 is 0.791 bits per heavy atom. The largest absolute Gasteiger partial charge is 0.491 e. The Labute approximate surface area is 522 Å². The average Bonchev–Trinajstić information content (AvgIpc) is 3.65. The van der Waals surface area contributed by atoms with Crippen LogP contribution in [0.15, 0.2) is 12.1 Å². The Morgan fingerprint density at radius 1 is 0.419 bits per heavy atom. The van der Waals surface area contributed by atoms with Crippen molar-refractivity contribution >= 4 is 29.7 Å². The minimum Gasteiger partial charge on any atom is -0.491 e. The van der Waals surface area contributed by atoms with Gasteiger partial charge in [0, 0.05) is 63.7 Å². The van der Waals surface area contributed by atoms with E-state index in [2.05, 4.69) is 82.1 Å². The number of rotatable bonds is 56. The van der Waals surface area contributed by atoms with Gasteiger partial charge in [-0.3, -0.25) is 14.4 Å². The molecular formula is C72H116N4O10. The van der Waals surface area contributed by atoms with E-state index in [4.69, 9.17) is 23.7 Å². The molecule has 0 fully saturated rings. The second-order valence-corrected chi connectivity index (χ2v) is 22.3. The van der Waals surface area contributed by atoms with Crippen molar-refractivity contribution < 1.29 is 47.7 Å². The number of aromatic nitrogens is 1. The Balaban J connectivity index is 2.42. The zero-order chi connectivity index (χ0) is 62.3. The van der Waals surface area contributed by atoms with Gasteiger partial charge in [-0.15, -0.1) is 0 Å². The molecule has 0 spiro atoms. The van der Waals surface area contributed by atoms with Crippen molar-refractivity contribution in [3.8, 4) is 53.1 Å². The first-order valence-electron chi connectivity index (χ1n) is 34.1. The highest BCUT2D eigenvalue weighted by atomic mass is 16.5. The average molecular weight is 1200 g/mol. The summed E-state index contributed by atoms with van der Waals surface area (Å²) >= 11 is 0. The van der Waals surface area contributed by atoms with E-state index in [1.165, 1.54) is 141 Å². The van der Waals surface area contributed by atoms with Crippen LogP contribution < -0.4 is 20.7 Å². The molecule has 3 N–H and O–H groups in total. The quantitative estimate of drug-likeness (QED) is 0.0321. The van der Waals surface area contributed by atoms with Gasteiger partial charge in [0.25, 0.3) is 0 Å². The Morgan fingerprint density at radius 3 is 1.21 bits per heavy atom. The van der Waals surface area contributed by atoms with E-state index >= 15 is 0 Å². The zero-order valence-corrected chi connectivity index (χ0v) is 54.4. The molecule has 0 aliphatic heterocycles. The normalized spacial score (nSPS) is 10.9. The molecule has 0 saturated carbocycles. The molecular weight excluding hydrogens is 1080 g/mol. The van der Waals surface area contributed by atoms with E-state index in [1.807, 2.05) is 0 Å². The van der Waals surface area contributed by atoms with Gasteiger partial charge in [-0.2, -0.15) is 0 Å². The number of nitrogens with zero attached hydrogens (tertiary/aromatic N) is 1. The van der Waals surface area contributed by atoms with Crippen LogP contribution in [-0.4, -0.2) is 100 Å². The van der Waals surface area contributed by atoms with Crippen LogP contribution >= 0.6 is 0 Å². The van der Waals surface area contributed by atoms with Crippen molar-refractivity contribution in [2.75, 3.05) is 59.3 Å². The van der Waals surface area contributed by atoms with Crippen LogP contribution in [0.1, 0.15) is 306 Å². The van der Waals surface area contributed by atoms with Crippen molar-refractivity contribution in [2.24, 2.45) is 0 Å². The van der Waals surface area contributed by atoms with Gasteiger partial charge < -0.3 is 39.6 Å². The maximum absolute atomic E-state index is 13.4. The highest BCUT2D eigenvalue weighted by Gasteiger charge is 2.21. The summed E-state index contributed by atoms with van der Waals surface area (Å²) in [5.41, 5.74) is -0.141. The summed E-state index contributed by atoms with van der Waals surface area (Å²) < 4.78 is 27.1. The lowest BCUT2D eigenvalue weighted by molar-refractivity contribution is -0.129. The molecule has 0 bridgehead atoms. The van der Waals surface area contributed by atoms with Crippen LogP contribution in [0.4, 0.5) is 0 Å². The van der Waals surface area contributed by atoms with Crippen LogP contribution in [0.5, 0.6) is 5.75 Å². The van der Waals surface area contributed by atoms with Gasteiger partial charge in [0.1, 0.15) is 18.4 Å². The predicted molar refractivity (Wildman–Crippen MR) is 348 cm³/mol. The molecule has 3 amide bonds. The SMILES string of the molecule is CCCCCCCCCCCCC#CC#CCCCCCCCCC(=O)NCCC[C@H](NC(=O)CCCCCCCCC#CC#CCCCCCCCCCCCC)C(=O)NCCOCCOCCOc1cc(C(=O)OCC)nc(C(=O)OCC)c1. The van der Waals surface area contributed by atoms with E-state index in [1.54, 1.807) is 13.8 Å². The number of nitrogens with one attached hydrogen (secondary N) is 3. The maximum atomic E-state index is 13.4. The number of hydrogen-bond donors (Lipinski definition) is 3. The van der Waals surface area contributed by atoms with E-state index in [9.17, 15) is 24.0 Å². The van der Waals surface area contributed by atoms with E-state index < -0.39 is 18.0 Å². The van der Waals surface area contributed by atoms with E-state index in [0.29, 0.717) is 32.2 Å². The van der Waals surface area contributed by atoms with E-state index in [-0.39, 0.29) is 87.7 Å². The number of hydrogen-bond acceptors (Lipinski definition) is 11. The second-order valence-electron chi connectivity index (χ2n) is 22.3. The monoisotopic (exact) mass is 1200 g/mol. The van der Waals surface area contributed by atoms with Crippen molar-refractivity contribution in [1.29, 1.82) is 0 Å². The lowest BCUT2D eigenvalue weighted by Crippen LogP contribution is -2.47. The van der Waals surface area contributed by atoms with Crippen LogP contribution in [-0.2, 0) is 33.3 Å². The molecule has 86 heavy (non-hydrogen) atoms. The minimum absolute atomic E-state index is 0.00324. The van der Waals surface area contributed by atoms with Crippen molar-refractivity contribution in [3.63, 3.8) is 0 Å². The van der Waals surface area contributed by atoms with Gasteiger partial charge in [-0.05, 0) is 88.9 Å². The van der Waals surface area contributed by atoms with Gasteiger partial charge in [0.05, 0.1) is 39.6 Å². The standard InChI is InChI=1S/C72H116N4O10/c1-5-9-11-13-15-17-19-21-23-25-27-29-31-33-35-37-39-41-43-45-47-49-53-68(77)73-55-51-52-65(76-69(78)54-50-48-46-44-42-40-38-36-34-32-30-28-26-24-22-20-18-16-14-12-10-6-2)70(79)74-56-57-82-58-59-83-60-61-86-64-62-66(71(80)84-7-3)75-67(63-64)72(81)85-8-4/h62-63,65H,5-28,37-61H2,1-4H3,(H,73,77)(H,74,79)(H,76,78)/t65-/m0/s1. The molecule has 1 aromatic rings. The number of unbranched alkanes of at least 4 members (excludes halogenated alkanes) is 32. The molecule has 1 rings (SSSR count). The van der Waals surface area contributed by atoms with Crippen molar-refractivity contribution in [3.05, 3.63) is 23.5 Å². The molecule has 0 aromatic carbocycles. The molecule has 0 aliphatic carbocycles. The summed E-state index contributed by atoms with van der Waals surface area (Å²) in [6.45, 7) is 9.91. The van der Waals surface area contributed by atoms with Gasteiger partial charge in [-0.1, -0.05) is 204 Å². The molecule has 0 aliphatic rings. The molecule has 14 nitrogen and oxygen atoms in total. The van der Waals surface area contributed by atoms with Crippen molar-refractivity contribution in [2.45, 2.75) is 291 Å². The van der Waals surface area contributed by atoms with Crippen LogP contribution in [0.2, 0.25) is 0 Å². The first-order chi connectivity index (χ1) is 42.2. The molecule has 0 saturated heterocycles. The minimum atomic E-state index is -0.742. The number of ether oxygens (including phenoxy) is 5. The van der Waals surface area contributed by atoms with Gasteiger partial charge >= 0.3 is 11.9 Å². The molecule has 14 heteroatoms. The van der Waals surface area contributed by atoms with Gasteiger partial charge in [0.2, 0.25) is 17.7 Å². The number of carbonyl (C=O) groups is 5. The third kappa shape index (κ3) is 50.6. The molecule has 1 atom stereocenters. The summed E-state index contributed by atoms with van der Waals surface area (Å²) in [4.78, 5) is 67.9. The zero-order valence-electron chi connectivity index (χ0n) is 54.4. The first kappa shape index (κ1) is 78.5.